The van der Waals surface area contributed by atoms with Gasteiger partial charge >= 0.3 is 0 Å². The summed E-state index contributed by atoms with van der Waals surface area (Å²) in [4.78, 5) is 0. The third-order valence-corrected chi connectivity index (χ3v) is 2.78. The molecule has 2 heterocycles. The first kappa shape index (κ1) is 9.46. The van der Waals surface area contributed by atoms with Crippen LogP contribution in [0, 0.1) is 0 Å². The molecule has 0 saturated carbocycles. The third-order valence-electron chi connectivity index (χ3n) is 2.78. The monoisotopic (exact) mass is 191 g/mol. The predicted octanol–water partition coefficient (Wildman–Crippen LogP) is 1.84. The second-order valence-electron chi connectivity index (χ2n) is 3.97. The first-order valence-electron chi connectivity index (χ1n) is 5.18. The van der Waals surface area contributed by atoms with E-state index in [1.54, 1.807) is 0 Å². The second-order valence-corrected chi connectivity index (χ2v) is 3.97. The normalized spacial score (nSPS) is 18.4. The molecule has 0 radical (unpaired) electrons. The number of piperidine rings is 1. The van der Waals surface area contributed by atoms with E-state index in [1.807, 2.05) is 13.1 Å². The number of rotatable bonds is 2. The van der Waals surface area contributed by atoms with Crippen molar-refractivity contribution in [3.63, 3.8) is 0 Å². The summed E-state index contributed by atoms with van der Waals surface area (Å²) in [5, 5.41) is 7.74. The van der Waals surface area contributed by atoms with E-state index < -0.39 is 0 Å². The zero-order chi connectivity index (χ0) is 9.97. The summed E-state index contributed by atoms with van der Waals surface area (Å²) in [6.45, 7) is 8.14. The molecule has 1 fully saturated rings. The topological polar surface area (TPSA) is 29.9 Å². The highest BCUT2D eigenvalue weighted by atomic mass is 15.3. The number of nitrogens with zero attached hydrogens (tertiary/aromatic N) is 2. The van der Waals surface area contributed by atoms with E-state index >= 15 is 0 Å². The Bertz CT molecular complexity index is 321. The van der Waals surface area contributed by atoms with Crippen molar-refractivity contribution < 1.29 is 0 Å². The van der Waals surface area contributed by atoms with Crippen molar-refractivity contribution in [3.8, 4) is 0 Å². The van der Waals surface area contributed by atoms with Crippen molar-refractivity contribution >= 4 is 5.57 Å². The van der Waals surface area contributed by atoms with E-state index in [0.29, 0.717) is 6.04 Å². The maximum atomic E-state index is 4.39. The molecule has 0 unspecified atom stereocenters. The molecule has 0 bridgehead atoms. The average molecular weight is 191 g/mol. The second kappa shape index (κ2) is 3.96. The van der Waals surface area contributed by atoms with Crippen molar-refractivity contribution in [3.05, 3.63) is 24.5 Å². The van der Waals surface area contributed by atoms with Gasteiger partial charge in [0.1, 0.15) is 0 Å². The lowest BCUT2D eigenvalue weighted by Gasteiger charge is -2.22. The van der Waals surface area contributed by atoms with Gasteiger partial charge in [0.25, 0.3) is 0 Å². The Balaban J connectivity index is 2.11. The summed E-state index contributed by atoms with van der Waals surface area (Å²) in [6.07, 6.45) is 6.37. The fraction of sp³-hybridized carbons (Fsp3) is 0.545. The van der Waals surface area contributed by atoms with Gasteiger partial charge in [0, 0.05) is 11.8 Å². The lowest BCUT2D eigenvalue weighted by atomic mass is 10.1. The molecule has 3 nitrogen and oxygen atoms in total. The fourth-order valence-electron chi connectivity index (χ4n) is 1.83. The molecule has 2 rings (SSSR count). The first-order chi connectivity index (χ1) is 6.77. The quantitative estimate of drug-likeness (QED) is 0.773. The lowest BCUT2D eigenvalue weighted by molar-refractivity contribution is 0.343. The Hall–Kier alpha value is -1.09. The Morgan fingerprint density at radius 1 is 1.57 bits per heavy atom. The van der Waals surface area contributed by atoms with Gasteiger partial charge in [0.2, 0.25) is 0 Å². The number of nitrogens with one attached hydrogen (secondary N) is 1. The third kappa shape index (κ3) is 1.87. The van der Waals surface area contributed by atoms with Crippen LogP contribution in [0.4, 0.5) is 0 Å². The van der Waals surface area contributed by atoms with Crippen LogP contribution < -0.4 is 5.32 Å². The largest absolute Gasteiger partial charge is 0.317 e. The molecular weight excluding hydrogens is 174 g/mol. The molecule has 1 saturated heterocycles. The number of hydrogen-bond acceptors (Lipinski definition) is 2. The Morgan fingerprint density at radius 2 is 2.29 bits per heavy atom. The summed E-state index contributed by atoms with van der Waals surface area (Å²) < 4.78 is 2.09. The molecule has 0 amide bonds. The van der Waals surface area contributed by atoms with Crippen LogP contribution in [0.1, 0.15) is 31.4 Å². The van der Waals surface area contributed by atoms with E-state index in [4.69, 9.17) is 0 Å². The van der Waals surface area contributed by atoms with E-state index in [9.17, 15) is 0 Å². The van der Waals surface area contributed by atoms with Gasteiger partial charge in [-0.25, -0.2) is 0 Å². The maximum absolute atomic E-state index is 4.39. The molecule has 3 heteroatoms. The summed E-state index contributed by atoms with van der Waals surface area (Å²) in [5.41, 5.74) is 2.24. The van der Waals surface area contributed by atoms with Crippen LogP contribution in [-0.2, 0) is 0 Å². The zero-order valence-electron chi connectivity index (χ0n) is 8.66. The van der Waals surface area contributed by atoms with Crippen LogP contribution in [0.15, 0.2) is 19.0 Å². The minimum Gasteiger partial charge on any atom is -0.317 e. The van der Waals surface area contributed by atoms with Crippen LogP contribution in [0.25, 0.3) is 5.57 Å². The van der Waals surface area contributed by atoms with Gasteiger partial charge in [0.15, 0.2) is 0 Å². The van der Waals surface area contributed by atoms with Gasteiger partial charge in [-0.3, -0.25) is 4.68 Å². The SMILES string of the molecule is C=C(C)c1cnn(C2CCNCC2)c1. The first-order valence-corrected chi connectivity index (χ1v) is 5.18. The van der Waals surface area contributed by atoms with Crippen LogP contribution in [-0.4, -0.2) is 22.9 Å². The van der Waals surface area contributed by atoms with Crippen molar-refractivity contribution in [2.24, 2.45) is 0 Å². The van der Waals surface area contributed by atoms with E-state index in [0.717, 1.165) is 24.2 Å². The van der Waals surface area contributed by atoms with Crippen LogP contribution in [0.3, 0.4) is 0 Å². The molecule has 1 N–H and O–H groups in total. The lowest BCUT2D eigenvalue weighted by Crippen LogP contribution is -2.29. The minimum atomic E-state index is 0.573. The highest BCUT2D eigenvalue weighted by molar-refractivity contribution is 5.59. The van der Waals surface area contributed by atoms with Gasteiger partial charge in [-0.15, -0.1) is 0 Å². The van der Waals surface area contributed by atoms with Gasteiger partial charge in [-0.05, 0) is 38.4 Å². The molecule has 0 aliphatic carbocycles. The van der Waals surface area contributed by atoms with E-state index in [-0.39, 0.29) is 0 Å². The van der Waals surface area contributed by atoms with Crippen molar-refractivity contribution in [1.29, 1.82) is 0 Å². The van der Waals surface area contributed by atoms with E-state index in [1.165, 1.54) is 12.8 Å². The summed E-state index contributed by atoms with van der Waals surface area (Å²) in [6, 6.07) is 0.573. The molecule has 1 aliphatic heterocycles. The van der Waals surface area contributed by atoms with Gasteiger partial charge in [-0.1, -0.05) is 6.58 Å². The van der Waals surface area contributed by atoms with Crippen LogP contribution in [0.2, 0.25) is 0 Å². The number of hydrogen-bond donors (Lipinski definition) is 1. The van der Waals surface area contributed by atoms with Crippen molar-refractivity contribution in [2.75, 3.05) is 13.1 Å². The fourth-order valence-corrected chi connectivity index (χ4v) is 1.83. The standard InChI is InChI=1S/C11H17N3/c1-9(2)10-7-13-14(8-10)11-3-5-12-6-4-11/h7-8,11-12H,1,3-6H2,2H3. The minimum absolute atomic E-state index is 0.573. The molecule has 1 aromatic heterocycles. The Kier molecular flexibility index (Phi) is 2.68. The smallest absolute Gasteiger partial charge is 0.0564 e. The summed E-state index contributed by atoms with van der Waals surface area (Å²) in [7, 11) is 0. The molecule has 0 atom stereocenters. The highest BCUT2D eigenvalue weighted by Crippen LogP contribution is 2.19. The maximum Gasteiger partial charge on any atom is 0.0564 e. The van der Waals surface area contributed by atoms with Gasteiger partial charge in [-0.2, -0.15) is 5.10 Å². The Morgan fingerprint density at radius 3 is 2.86 bits per heavy atom. The zero-order valence-corrected chi connectivity index (χ0v) is 8.66. The van der Waals surface area contributed by atoms with Gasteiger partial charge < -0.3 is 5.32 Å². The molecule has 1 aromatic rings. The predicted molar refractivity (Wildman–Crippen MR) is 58.1 cm³/mol. The van der Waals surface area contributed by atoms with Crippen molar-refractivity contribution in [1.82, 2.24) is 15.1 Å². The number of allylic oxidation sites excluding steroid dienone is 1. The van der Waals surface area contributed by atoms with Crippen molar-refractivity contribution in [2.45, 2.75) is 25.8 Å². The summed E-state index contributed by atoms with van der Waals surface area (Å²) >= 11 is 0. The Labute approximate surface area is 84.8 Å². The molecule has 0 spiro atoms. The number of aromatic nitrogens is 2. The summed E-state index contributed by atoms with van der Waals surface area (Å²) in [5.74, 6) is 0. The molecule has 76 valence electrons. The van der Waals surface area contributed by atoms with Crippen LogP contribution in [0.5, 0.6) is 0 Å². The highest BCUT2D eigenvalue weighted by Gasteiger charge is 2.15. The van der Waals surface area contributed by atoms with Crippen LogP contribution >= 0.6 is 0 Å². The van der Waals surface area contributed by atoms with E-state index in [2.05, 4.69) is 27.9 Å². The van der Waals surface area contributed by atoms with Gasteiger partial charge in [0.05, 0.1) is 12.2 Å². The molecule has 1 aliphatic rings. The molecule has 0 aromatic carbocycles. The molecular formula is C11H17N3. The molecule has 14 heavy (non-hydrogen) atoms. The average Bonchev–Trinajstić information content (AvgIpc) is 2.68.